The van der Waals surface area contributed by atoms with Gasteiger partial charge in [0.25, 0.3) is 0 Å². The van der Waals surface area contributed by atoms with Crippen LogP contribution in [0.3, 0.4) is 0 Å². The number of anilines is 1. The number of H-pyrrole nitrogens is 1. The lowest BCUT2D eigenvalue weighted by Crippen LogP contribution is -2.27. The second kappa shape index (κ2) is 4.71. The second-order valence-electron chi connectivity index (χ2n) is 4.70. The summed E-state index contributed by atoms with van der Waals surface area (Å²) in [6.45, 7) is 6.35. The Morgan fingerprint density at radius 2 is 2.25 bits per heavy atom. The number of pyridine rings is 1. The summed E-state index contributed by atoms with van der Waals surface area (Å²) in [6.07, 6.45) is 1.81. The monoisotopic (exact) mass is 263 g/mol. The molecule has 0 bridgehead atoms. The van der Waals surface area contributed by atoms with Crippen LogP contribution in [0.4, 0.5) is 5.82 Å². The molecule has 0 aliphatic rings. The predicted octanol–water partition coefficient (Wildman–Crippen LogP) is 2.68. The molecule has 0 radical (unpaired) electrons. The first kappa shape index (κ1) is 12.2. The number of fused-ring (bicyclic) bond motifs is 3. The molecule has 4 nitrogen and oxygen atoms in total. The Labute approximate surface area is 117 Å². The second-order valence-corrected chi connectivity index (χ2v) is 4.70. The van der Waals surface area contributed by atoms with Gasteiger partial charge in [-0.05, 0) is 24.6 Å². The van der Waals surface area contributed by atoms with E-state index < -0.39 is 0 Å². The molecule has 0 amide bonds. The highest BCUT2D eigenvalue weighted by Gasteiger charge is 2.19. The quantitative estimate of drug-likeness (QED) is 0.564. The van der Waals surface area contributed by atoms with Gasteiger partial charge in [0.15, 0.2) is 0 Å². The van der Waals surface area contributed by atoms with Gasteiger partial charge in [-0.25, -0.2) is 0 Å². The molecule has 0 aliphatic carbocycles. The molecular formula is C16H15N4+. The fraction of sp³-hybridized carbons (Fsp3) is 0.125. The van der Waals surface area contributed by atoms with Crippen LogP contribution >= 0.6 is 0 Å². The Hall–Kier alpha value is -2.80. The van der Waals surface area contributed by atoms with E-state index in [2.05, 4.69) is 22.9 Å². The van der Waals surface area contributed by atoms with Crippen molar-refractivity contribution in [3.63, 3.8) is 0 Å². The third-order valence-electron chi connectivity index (χ3n) is 3.39. The minimum Gasteiger partial charge on any atom is -0.302 e. The number of aryl methyl sites for hydroxylation is 1. The van der Waals surface area contributed by atoms with Crippen LogP contribution in [-0.4, -0.2) is 11.5 Å². The number of imidazole rings is 1. The lowest BCUT2D eigenvalue weighted by atomic mass is 10.1. The first-order valence-corrected chi connectivity index (χ1v) is 6.47. The van der Waals surface area contributed by atoms with E-state index >= 15 is 0 Å². The number of hydrogen-bond acceptors (Lipinski definition) is 2. The Balaban J connectivity index is 2.44. The molecule has 0 saturated heterocycles. The number of nitriles is 1. The fourth-order valence-electron chi connectivity index (χ4n) is 2.48. The van der Waals surface area contributed by atoms with Gasteiger partial charge < -0.3 is 5.32 Å². The van der Waals surface area contributed by atoms with Gasteiger partial charge in [0, 0.05) is 6.07 Å². The van der Waals surface area contributed by atoms with Gasteiger partial charge in [0.05, 0.1) is 6.54 Å². The molecule has 0 atom stereocenters. The SMILES string of the molecule is C=CCNc1cc(C)c(C#N)c2[nH]c3ccccc3[n+]12. The van der Waals surface area contributed by atoms with Crippen molar-refractivity contribution in [1.82, 2.24) is 4.98 Å². The number of nitrogens with one attached hydrogen (secondary N) is 2. The maximum absolute atomic E-state index is 9.39. The molecule has 2 aromatic heterocycles. The van der Waals surface area contributed by atoms with Crippen LogP contribution in [0, 0.1) is 18.3 Å². The van der Waals surface area contributed by atoms with Crippen molar-refractivity contribution in [2.24, 2.45) is 0 Å². The fourth-order valence-corrected chi connectivity index (χ4v) is 2.48. The van der Waals surface area contributed by atoms with Crippen LogP contribution in [0.25, 0.3) is 16.7 Å². The van der Waals surface area contributed by atoms with Crippen LogP contribution in [0.2, 0.25) is 0 Å². The Kier molecular flexibility index (Phi) is 2.88. The van der Waals surface area contributed by atoms with Crippen molar-refractivity contribution in [3.05, 3.63) is 54.1 Å². The van der Waals surface area contributed by atoms with E-state index in [1.165, 1.54) is 0 Å². The third-order valence-corrected chi connectivity index (χ3v) is 3.39. The van der Waals surface area contributed by atoms with Gasteiger partial charge in [-0.3, -0.25) is 4.98 Å². The summed E-state index contributed by atoms with van der Waals surface area (Å²) in [7, 11) is 0. The zero-order valence-corrected chi connectivity index (χ0v) is 11.3. The molecule has 0 spiro atoms. The molecule has 98 valence electrons. The minimum absolute atomic E-state index is 0.672. The molecule has 2 N–H and O–H groups in total. The highest BCUT2D eigenvalue weighted by atomic mass is 15.1. The first-order valence-electron chi connectivity index (χ1n) is 6.47. The zero-order valence-electron chi connectivity index (χ0n) is 11.3. The number of aromatic amines is 1. The number of nitrogens with zero attached hydrogens (tertiary/aromatic N) is 2. The van der Waals surface area contributed by atoms with E-state index in [4.69, 9.17) is 0 Å². The van der Waals surface area contributed by atoms with Gasteiger partial charge >= 0.3 is 0 Å². The Morgan fingerprint density at radius 1 is 1.45 bits per heavy atom. The normalized spacial score (nSPS) is 10.6. The van der Waals surface area contributed by atoms with Gasteiger partial charge in [-0.15, -0.1) is 0 Å². The average molecular weight is 263 g/mol. The van der Waals surface area contributed by atoms with E-state index in [-0.39, 0.29) is 0 Å². The summed E-state index contributed by atoms with van der Waals surface area (Å²) in [5.74, 6) is 0.953. The van der Waals surface area contributed by atoms with Crippen LogP contribution in [0.5, 0.6) is 0 Å². The average Bonchev–Trinajstić information content (AvgIpc) is 2.84. The molecule has 20 heavy (non-hydrogen) atoms. The van der Waals surface area contributed by atoms with Gasteiger partial charge in [0.2, 0.25) is 11.5 Å². The highest BCUT2D eigenvalue weighted by molar-refractivity contribution is 5.77. The van der Waals surface area contributed by atoms with Gasteiger partial charge in [0.1, 0.15) is 22.7 Å². The molecule has 0 aliphatic heterocycles. The standard InChI is InChI=1S/C16H14N4/c1-3-8-18-15-9-11(2)12(10-17)16-19-13-6-4-5-7-14(13)20(15)16/h3-7,9H,1,8H2,2H3,(H,18,19)/p+1. The number of hydrogen-bond donors (Lipinski definition) is 2. The molecule has 1 aromatic carbocycles. The summed E-state index contributed by atoms with van der Waals surface area (Å²) < 4.78 is 2.05. The largest absolute Gasteiger partial charge is 0.302 e. The number of rotatable bonds is 3. The molecular weight excluding hydrogens is 248 g/mol. The van der Waals surface area contributed by atoms with E-state index in [1.54, 1.807) is 0 Å². The molecule has 0 saturated carbocycles. The number of aromatic nitrogens is 2. The smallest absolute Gasteiger partial charge is 0.250 e. The van der Waals surface area contributed by atoms with Crippen molar-refractivity contribution in [3.8, 4) is 6.07 Å². The minimum atomic E-state index is 0.672. The van der Waals surface area contributed by atoms with E-state index in [9.17, 15) is 5.26 Å². The molecule has 4 heteroatoms. The molecule has 0 unspecified atom stereocenters. The number of para-hydroxylation sites is 2. The molecule has 0 fully saturated rings. The van der Waals surface area contributed by atoms with Crippen molar-refractivity contribution in [2.75, 3.05) is 11.9 Å². The van der Waals surface area contributed by atoms with Crippen molar-refractivity contribution in [2.45, 2.75) is 6.92 Å². The molecule has 3 rings (SSSR count). The Bertz CT molecular complexity index is 852. The van der Waals surface area contributed by atoms with E-state index in [0.29, 0.717) is 12.1 Å². The zero-order chi connectivity index (χ0) is 14.1. The first-order chi connectivity index (χ1) is 9.76. The van der Waals surface area contributed by atoms with E-state index in [1.807, 2.05) is 47.7 Å². The van der Waals surface area contributed by atoms with Crippen LogP contribution in [0.1, 0.15) is 11.1 Å². The van der Waals surface area contributed by atoms with Crippen molar-refractivity contribution in [1.29, 1.82) is 5.26 Å². The Morgan fingerprint density at radius 3 is 3.00 bits per heavy atom. The lowest BCUT2D eigenvalue weighted by Gasteiger charge is -2.04. The summed E-state index contributed by atoms with van der Waals surface area (Å²) in [5.41, 5.74) is 4.50. The molecule has 2 heterocycles. The predicted molar refractivity (Wildman–Crippen MR) is 79.6 cm³/mol. The summed E-state index contributed by atoms with van der Waals surface area (Å²) in [5, 5.41) is 12.7. The van der Waals surface area contributed by atoms with Gasteiger partial charge in [-0.1, -0.05) is 24.8 Å². The van der Waals surface area contributed by atoms with Crippen LogP contribution in [0.15, 0.2) is 43.0 Å². The van der Waals surface area contributed by atoms with Crippen molar-refractivity contribution >= 4 is 22.5 Å². The van der Waals surface area contributed by atoms with Crippen LogP contribution in [-0.2, 0) is 0 Å². The summed E-state index contributed by atoms with van der Waals surface area (Å²) in [4.78, 5) is 3.33. The molecule has 3 aromatic rings. The summed E-state index contributed by atoms with van der Waals surface area (Å²) >= 11 is 0. The maximum Gasteiger partial charge on any atom is 0.250 e. The van der Waals surface area contributed by atoms with Crippen LogP contribution < -0.4 is 9.72 Å². The topological polar surface area (TPSA) is 55.7 Å². The lowest BCUT2D eigenvalue weighted by molar-refractivity contribution is -0.465. The highest BCUT2D eigenvalue weighted by Crippen LogP contribution is 2.19. The number of benzene rings is 1. The van der Waals surface area contributed by atoms with Gasteiger partial charge in [-0.2, -0.15) is 9.66 Å². The van der Waals surface area contributed by atoms with E-state index in [0.717, 1.165) is 28.1 Å². The summed E-state index contributed by atoms with van der Waals surface area (Å²) in [6, 6.07) is 12.3. The maximum atomic E-state index is 9.39. The van der Waals surface area contributed by atoms with Crippen molar-refractivity contribution < 1.29 is 4.40 Å². The third kappa shape index (κ3) is 1.72.